The Morgan fingerprint density at radius 3 is 2.59 bits per heavy atom. The van der Waals surface area contributed by atoms with Gasteiger partial charge in [-0.2, -0.15) is 0 Å². The average molecular weight is 368 g/mol. The van der Waals surface area contributed by atoms with Crippen LogP contribution in [0.2, 0.25) is 0 Å². The van der Waals surface area contributed by atoms with E-state index < -0.39 is 0 Å². The first-order valence-electron chi connectivity index (χ1n) is 9.54. The fourth-order valence-electron chi connectivity index (χ4n) is 3.31. The highest BCUT2D eigenvalue weighted by Crippen LogP contribution is 2.18. The number of anilines is 1. The molecule has 0 spiro atoms. The Morgan fingerprint density at radius 1 is 1.15 bits per heavy atom. The average Bonchev–Trinajstić information content (AvgIpc) is 2.74. The van der Waals surface area contributed by atoms with E-state index in [2.05, 4.69) is 28.2 Å². The molecule has 2 heterocycles. The number of hydrogen-bond donors (Lipinski definition) is 1. The van der Waals surface area contributed by atoms with Crippen molar-refractivity contribution in [1.29, 1.82) is 0 Å². The monoisotopic (exact) mass is 368 g/mol. The summed E-state index contributed by atoms with van der Waals surface area (Å²) in [4.78, 5) is 21.2. The molecular weight excluding hydrogens is 340 g/mol. The quantitative estimate of drug-likeness (QED) is 0.814. The number of rotatable bonds is 7. The van der Waals surface area contributed by atoms with Crippen molar-refractivity contribution in [1.82, 2.24) is 14.8 Å². The van der Waals surface area contributed by atoms with E-state index in [1.807, 2.05) is 29.2 Å². The van der Waals surface area contributed by atoms with Gasteiger partial charge in [0, 0.05) is 32.7 Å². The second-order valence-electron chi connectivity index (χ2n) is 6.65. The lowest BCUT2D eigenvalue weighted by Gasteiger charge is -2.33. The molecule has 0 bridgehead atoms. The van der Waals surface area contributed by atoms with E-state index in [1.165, 1.54) is 5.56 Å². The molecule has 0 atom stereocenters. The normalized spacial score (nSPS) is 14.8. The van der Waals surface area contributed by atoms with E-state index in [0.717, 1.165) is 57.1 Å². The van der Waals surface area contributed by atoms with Crippen LogP contribution in [0.3, 0.4) is 0 Å². The Kier molecular flexibility index (Phi) is 6.65. The van der Waals surface area contributed by atoms with E-state index in [9.17, 15) is 4.79 Å². The lowest BCUT2D eigenvalue weighted by molar-refractivity contribution is 0.0637. The first-order chi connectivity index (χ1) is 13.2. The number of nitrogens with one attached hydrogen (secondary N) is 1. The van der Waals surface area contributed by atoms with Crippen LogP contribution < -0.4 is 10.1 Å². The number of benzene rings is 1. The summed E-state index contributed by atoms with van der Waals surface area (Å²) in [5.74, 6) is 0.924. The summed E-state index contributed by atoms with van der Waals surface area (Å²) < 4.78 is 5.38. The summed E-state index contributed by atoms with van der Waals surface area (Å²) in [6, 6.07) is 11.7. The van der Waals surface area contributed by atoms with Gasteiger partial charge in [-0.1, -0.05) is 25.1 Å². The Bertz CT molecular complexity index is 740. The van der Waals surface area contributed by atoms with Crippen molar-refractivity contribution in [2.45, 2.75) is 13.3 Å². The predicted molar refractivity (Wildman–Crippen MR) is 107 cm³/mol. The maximum absolute atomic E-state index is 12.6. The zero-order valence-corrected chi connectivity index (χ0v) is 16.1. The Labute approximate surface area is 161 Å². The maximum atomic E-state index is 12.6. The van der Waals surface area contributed by atoms with E-state index in [4.69, 9.17) is 4.74 Å². The summed E-state index contributed by atoms with van der Waals surface area (Å²) in [5, 5.41) is 3.35. The number of ether oxygens (including phenoxy) is 1. The molecule has 144 valence electrons. The molecule has 1 amide bonds. The minimum Gasteiger partial charge on any atom is -0.496 e. The van der Waals surface area contributed by atoms with Crippen LogP contribution in [0.25, 0.3) is 0 Å². The number of methoxy groups -OCH3 is 1. The first kappa shape index (κ1) is 19.2. The van der Waals surface area contributed by atoms with Crippen LogP contribution in [0.1, 0.15) is 23.0 Å². The third kappa shape index (κ3) is 4.98. The summed E-state index contributed by atoms with van der Waals surface area (Å²) in [6.45, 7) is 7.37. The number of amides is 1. The van der Waals surface area contributed by atoms with Gasteiger partial charge in [-0.15, -0.1) is 0 Å². The van der Waals surface area contributed by atoms with Gasteiger partial charge in [0.05, 0.1) is 19.0 Å². The lowest BCUT2D eigenvalue weighted by Crippen LogP contribution is -2.48. The van der Waals surface area contributed by atoms with Gasteiger partial charge in [-0.05, 0) is 36.7 Å². The number of aromatic nitrogens is 1. The number of carbonyl (C=O) groups excluding carboxylic acids is 1. The zero-order valence-electron chi connectivity index (χ0n) is 16.1. The van der Waals surface area contributed by atoms with Crippen molar-refractivity contribution in [2.75, 3.05) is 51.7 Å². The largest absolute Gasteiger partial charge is 0.496 e. The van der Waals surface area contributed by atoms with Crippen molar-refractivity contribution < 1.29 is 9.53 Å². The van der Waals surface area contributed by atoms with Gasteiger partial charge in [0.15, 0.2) is 0 Å². The smallest absolute Gasteiger partial charge is 0.272 e. The van der Waals surface area contributed by atoms with Gasteiger partial charge < -0.3 is 19.9 Å². The first-order valence-corrected chi connectivity index (χ1v) is 9.54. The Morgan fingerprint density at radius 2 is 1.93 bits per heavy atom. The van der Waals surface area contributed by atoms with Crippen molar-refractivity contribution in [3.8, 4) is 5.75 Å². The number of likely N-dealkylation sites (N-methyl/N-ethyl adjacent to an activating group) is 1. The van der Waals surface area contributed by atoms with Crippen molar-refractivity contribution in [3.05, 3.63) is 53.9 Å². The van der Waals surface area contributed by atoms with E-state index in [-0.39, 0.29) is 5.91 Å². The topological polar surface area (TPSA) is 57.7 Å². The van der Waals surface area contributed by atoms with Crippen LogP contribution in [0, 0.1) is 0 Å². The molecule has 0 radical (unpaired) electrons. The van der Waals surface area contributed by atoms with Gasteiger partial charge in [-0.3, -0.25) is 4.79 Å². The maximum Gasteiger partial charge on any atom is 0.272 e. The van der Waals surface area contributed by atoms with Crippen LogP contribution in [0.4, 0.5) is 5.69 Å². The summed E-state index contributed by atoms with van der Waals surface area (Å²) in [5.41, 5.74) is 2.59. The fraction of sp³-hybridized carbons (Fsp3) is 0.429. The van der Waals surface area contributed by atoms with Crippen LogP contribution in [-0.2, 0) is 6.42 Å². The Balaban J connectivity index is 1.50. The zero-order chi connectivity index (χ0) is 19.1. The molecule has 3 rings (SSSR count). The predicted octanol–water partition coefficient (Wildman–Crippen LogP) is 2.52. The number of para-hydroxylation sites is 1. The highest BCUT2D eigenvalue weighted by molar-refractivity contribution is 5.92. The molecule has 2 aromatic rings. The van der Waals surface area contributed by atoms with Crippen molar-refractivity contribution >= 4 is 11.6 Å². The third-order valence-corrected chi connectivity index (χ3v) is 5.01. The van der Waals surface area contributed by atoms with E-state index in [1.54, 1.807) is 19.4 Å². The standard InChI is InChI=1S/C21H28N4O2/c1-3-24-12-14-25(15-13-24)21(26)19-9-8-18(16-23-19)22-11-10-17-6-4-5-7-20(17)27-2/h4-9,16,22H,3,10-15H2,1-2H3. The lowest BCUT2D eigenvalue weighted by atomic mass is 10.1. The molecule has 1 fully saturated rings. The summed E-state index contributed by atoms with van der Waals surface area (Å²) in [6.07, 6.45) is 2.59. The number of piperazine rings is 1. The van der Waals surface area contributed by atoms with Crippen LogP contribution in [0.5, 0.6) is 5.75 Å². The third-order valence-electron chi connectivity index (χ3n) is 5.01. The second-order valence-corrected chi connectivity index (χ2v) is 6.65. The minimum absolute atomic E-state index is 0.0197. The van der Waals surface area contributed by atoms with E-state index in [0.29, 0.717) is 5.69 Å². The number of pyridine rings is 1. The molecule has 1 aliphatic rings. The Hall–Kier alpha value is -2.60. The fourth-order valence-corrected chi connectivity index (χ4v) is 3.31. The highest BCUT2D eigenvalue weighted by Gasteiger charge is 2.21. The molecule has 1 aromatic heterocycles. The van der Waals surface area contributed by atoms with Gasteiger partial charge >= 0.3 is 0 Å². The molecule has 1 aliphatic heterocycles. The van der Waals surface area contributed by atoms with Crippen molar-refractivity contribution in [2.24, 2.45) is 0 Å². The second kappa shape index (κ2) is 9.37. The summed E-state index contributed by atoms with van der Waals surface area (Å²) in [7, 11) is 1.69. The van der Waals surface area contributed by atoms with Crippen LogP contribution >= 0.6 is 0 Å². The van der Waals surface area contributed by atoms with E-state index >= 15 is 0 Å². The highest BCUT2D eigenvalue weighted by atomic mass is 16.5. The number of nitrogens with zero attached hydrogens (tertiary/aromatic N) is 3. The molecule has 1 aromatic carbocycles. The molecule has 0 unspecified atom stereocenters. The van der Waals surface area contributed by atoms with Gasteiger partial charge in [0.1, 0.15) is 11.4 Å². The molecule has 0 aliphatic carbocycles. The molecule has 1 saturated heterocycles. The SMILES string of the molecule is CCN1CCN(C(=O)c2ccc(NCCc3ccccc3OC)cn2)CC1. The molecule has 0 saturated carbocycles. The number of carbonyl (C=O) groups is 1. The summed E-state index contributed by atoms with van der Waals surface area (Å²) >= 11 is 0. The van der Waals surface area contributed by atoms with Gasteiger partial charge in [0.25, 0.3) is 5.91 Å². The molecule has 27 heavy (non-hydrogen) atoms. The molecule has 6 heteroatoms. The molecule has 6 nitrogen and oxygen atoms in total. The molecule has 1 N–H and O–H groups in total. The number of hydrogen-bond acceptors (Lipinski definition) is 5. The van der Waals surface area contributed by atoms with Gasteiger partial charge in [-0.25, -0.2) is 4.98 Å². The van der Waals surface area contributed by atoms with Crippen LogP contribution in [-0.4, -0.2) is 67.1 Å². The molecular formula is C21H28N4O2. The van der Waals surface area contributed by atoms with Crippen LogP contribution in [0.15, 0.2) is 42.6 Å². The van der Waals surface area contributed by atoms with Crippen molar-refractivity contribution in [3.63, 3.8) is 0 Å². The van der Waals surface area contributed by atoms with Gasteiger partial charge in [0.2, 0.25) is 0 Å². The minimum atomic E-state index is 0.0197.